The van der Waals surface area contributed by atoms with E-state index in [2.05, 4.69) is 28.2 Å². The van der Waals surface area contributed by atoms with Crippen molar-refractivity contribution in [2.75, 3.05) is 18.2 Å². The summed E-state index contributed by atoms with van der Waals surface area (Å²) in [7, 11) is 1.31. The number of aromatic nitrogens is 3. The highest BCUT2D eigenvalue weighted by Gasteiger charge is 2.19. The SMILES string of the molecule is C=CCn1c(COc2ccc(C)cc2C)nnc1SCC(=O)Nc1sc(C)cc1C(=O)OC. The molecule has 0 radical (unpaired) electrons. The number of esters is 1. The summed E-state index contributed by atoms with van der Waals surface area (Å²) in [4.78, 5) is 25.3. The number of methoxy groups -OCH3 is 1. The molecule has 0 unspecified atom stereocenters. The summed E-state index contributed by atoms with van der Waals surface area (Å²) in [5.74, 6) is 0.787. The molecule has 0 saturated carbocycles. The van der Waals surface area contributed by atoms with Gasteiger partial charge in [-0.05, 0) is 38.5 Å². The maximum atomic E-state index is 12.5. The van der Waals surface area contributed by atoms with Crippen molar-refractivity contribution in [3.05, 3.63) is 64.3 Å². The Kier molecular flexibility index (Phi) is 8.29. The van der Waals surface area contributed by atoms with Gasteiger partial charge in [0.25, 0.3) is 0 Å². The summed E-state index contributed by atoms with van der Waals surface area (Å²) in [6, 6.07) is 7.69. The molecule has 0 aliphatic carbocycles. The molecule has 33 heavy (non-hydrogen) atoms. The van der Waals surface area contributed by atoms with Crippen LogP contribution in [0.1, 0.15) is 32.2 Å². The molecule has 0 spiro atoms. The van der Waals surface area contributed by atoms with E-state index in [1.54, 1.807) is 12.1 Å². The van der Waals surface area contributed by atoms with Gasteiger partial charge in [0, 0.05) is 11.4 Å². The number of thioether (sulfide) groups is 1. The molecule has 3 rings (SSSR count). The molecule has 0 aliphatic rings. The number of ether oxygens (including phenoxy) is 2. The first-order valence-electron chi connectivity index (χ1n) is 10.2. The Morgan fingerprint density at radius 1 is 1.24 bits per heavy atom. The Morgan fingerprint density at radius 2 is 2.03 bits per heavy atom. The first-order valence-corrected chi connectivity index (χ1v) is 12.0. The van der Waals surface area contributed by atoms with Crippen LogP contribution in [0.5, 0.6) is 5.75 Å². The summed E-state index contributed by atoms with van der Waals surface area (Å²) in [6.45, 7) is 10.4. The Labute approximate surface area is 201 Å². The van der Waals surface area contributed by atoms with Crippen LogP contribution in [0.15, 0.2) is 42.1 Å². The summed E-state index contributed by atoms with van der Waals surface area (Å²) in [5.41, 5.74) is 2.56. The molecule has 0 fully saturated rings. The maximum absolute atomic E-state index is 12.5. The van der Waals surface area contributed by atoms with Gasteiger partial charge in [-0.3, -0.25) is 9.36 Å². The van der Waals surface area contributed by atoms with Crippen molar-refractivity contribution in [2.45, 2.75) is 39.1 Å². The number of carbonyl (C=O) groups excluding carboxylic acids is 2. The molecule has 0 aliphatic heterocycles. The lowest BCUT2D eigenvalue weighted by Crippen LogP contribution is -2.16. The number of amides is 1. The number of benzene rings is 1. The minimum atomic E-state index is -0.485. The highest BCUT2D eigenvalue weighted by molar-refractivity contribution is 7.99. The van der Waals surface area contributed by atoms with E-state index >= 15 is 0 Å². The van der Waals surface area contributed by atoms with Gasteiger partial charge in [0.15, 0.2) is 11.0 Å². The molecule has 174 valence electrons. The molecule has 0 atom stereocenters. The molecule has 2 heterocycles. The van der Waals surface area contributed by atoms with Gasteiger partial charge in [-0.25, -0.2) is 4.79 Å². The lowest BCUT2D eigenvalue weighted by Gasteiger charge is -2.11. The second-order valence-electron chi connectivity index (χ2n) is 7.28. The zero-order chi connectivity index (χ0) is 24.0. The molecule has 0 bridgehead atoms. The maximum Gasteiger partial charge on any atom is 0.340 e. The lowest BCUT2D eigenvalue weighted by molar-refractivity contribution is -0.113. The highest BCUT2D eigenvalue weighted by atomic mass is 32.2. The van der Waals surface area contributed by atoms with Crippen molar-refractivity contribution in [1.82, 2.24) is 14.8 Å². The fourth-order valence-electron chi connectivity index (χ4n) is 3.11. The molecule has 2 aromatic heterocycles. The second-order valence-corrected chi connectivity index (χ2v) is 9.48. The predicted octanol–water partition coefficient (Wildman–Crippen LogP) is 4.55. The Hall–Kier alpha value is -3.11. The number of thiophene rings is 1. The van der Waals surface area contributed by atoms with Crippen LogP contribution in [-0.4, -0.2) is 39.5 Å². The van der Waals surface area contributed by atoms with E-state index in [9.17, 15) is 9.59 Å². The van der Waals surface area contributed by atoms with Crippen molar-refractivity contribution < 1.29 is 19.1 Å². The van der Waals surface area contributed by atoms with Gasteiger partial charge >= 0.3 is 5.97 Å². The van der Waals surface area contributed by atoms with Gasteiger partial charge in [-0.1, -0.05) is 35.5 Å². The Morgan fingerprint density at radius 3 is 2.73 bits per heavy atom. The smallest absolute Gasteiger partial charge is 0.340 e. The van der Waals surface area contributed by atoms with E-state index in [0.717, 1.165) is 16.2 Å². The van der Waals surface area contributed by atoms with E-state index in [1.165, 1.54) is 35.8 Å². The third-order valence-corrected chi connectivity index (χ3v) is 6.57. The molecular formula is C23H26N4O4S2. The van der Waals surface area contributed by atoms with Crippen LogP contribution in [-0.2, 0) is 22.7 Å². The molecule has 10 heteroatoms. The van der Waals surface area contributed by atoms with E-state index in [4.69, 9.17) is 9.47 Å². The molecule has 1 amide bonds. The van der Waals surface area contributed by atoms with E-state index < -0.39 is 5.97 Å². The number of carbonyl (C=O) groups is 2. The monoisotopic (exact) mass is 486 g/mol. The van der Waals surface area contributed by atoms with Crippen LogP contribution in [0, 0.1) is 20.8 Å². The summed E-state index contributed by atoms with van der Waals surface area (Å²) in [5, 5.41) is 12.3. The fraction of sp³-hybridized carbons (Fsp3) is 0.304. The number of nitrogens with one attached hydrogen (secondary N) is 1. The normalized spacial score (nSPS) is 10.7. The first-order chi connectivity index (χ1) is 15.8. The van der Waals surface area contributed by atoms with E-state index in [1.807, 2.05) is 37.5 Å². The number of aryl methyl sites for hydroxylation is 3. The Bertz CT molecular complexity index is 1170. The average molecular weight is 487 g/mol. The molecule has 3 aromatic rings. The van der Waals surface area contributed by atoms with Crippen LogP contribution in [0.4, 0.5) is 5.00 Å². The summed E-state index contributed by atoms with van der Waals surface area (Å²) < 4.78 is 12.6. The number of anilines is 1. The van der Waals surface area contributed by atoms with Crippen molar-refractivity contribution in [3.63, 3.8) is 0 Å². The lowest BCUT2D eigenvalue weighted by atomic mass is 10.1. The zero-order valence-corrected chi connectivity index (χ0v) is 20.6. The van der Waals surface area contributed by atoms with Crippen molar-refractivity contribution >= 4 is 40.0 Å². The van der Waals surface area contributed by atoms with Crippen LogP contribution >= 0.6 is 23.1 Å². The molecule has 0 saturated heterocycles. The molecule has 8 nitrogen and oxygen atoms in total. The van der Waals surface area contributed by atoms with Gasteiger partial charge in [-0.2, -0.15) is 0 Å². The van der Waals surface area contributed by atoms with Gasteiger partial charge in [0.05, 0.1) is 18.4 Å². The zero-order valence-electron chi connectivity index (χ0n) is 19.0. The van der Waals surface area contributed by atoms with Crippen LogP contribution in [0.25, 0.3) is 0 Å². The van der Waals surface area contributed by atoms with Crippen molar-refractivity contribution in [1.29, 1.82) is 0 Å². The van der Waals surface area contributed by atoms with Crippen LogP contribution < -0.4 is 10.1 Å². The van der Waals surface area contributed by atoms with Gasteiger partial charge < -0.3 is 14.8 Å². The van der Waals surface area contributed by atoms with Crippen molar-refractivity contribution in [2.24, 2.45) is 0 Å². The van der Waals surface area contributed by atoms with E-state index in [-0.39, 0.29) is 18.3 Å². The minimum absolute atomic E-state index is 0.102. The molecule has 1 aromatic carbocycles. The standard InChI is InChI=1S/C23H26N4O4S2/c1-6-9-27-19(12-31-18-8-7-14(2)10-15(18)3)25-26-23(27)32-13-20(28)24-21-17(22(29)30-5)11-16(4)33-21/h6-8,10-11H,1,9,12-13H2,2-5H3,(H,24,28). The minimum Gasteiger partial charge on any atom is -0.485 e. The Balaban J connectivity index is 1.65. The second kappa shape index (κ2) is 11.2. The van der Waals surface area contributed by atoms with E-state index in [0.29, 0.717) is 28.1 Å². The summed E-state index contributed by atoms with van der Waals surface area (Å²) >= 11 is 2.58. The predicted molar refractivity (Wildman–Crippen MR) is 130 cm³/mol. The average Bonchev–Trinajstić information content (AvgIpc) is 3.34. The number of hydrogen-bond donors (Lipinski definition) is 1. The van der Waals surface area contributed by atoms with Gasteiger partial charge in [0.2, 0.25) is 5.91 Å². The third kappa shape index (κ3) is 6.23. The number of hydrogen-bond acceptors (Lipinski definition) is 8. The first kappa shape index (κ1) is 24.5. The largest absolute Gasteiger partial charge is 0.485 e. The highest BCUT2D eigenvalue weighted by Crippen LogP contribution is 2.29. The topological polar surface area (TPSA) is 95.3 Å². The van der Waals surface area contributed by atoms with Crippen LogP contribution in [0.2, 0.25) is 0 Å². The number of nitrogens with zero attached hydrogens (tertiary/aromatic N) is 3. The summed E-state index contributed by atoms with van der Waals surface area (Å²) in [6.07, 6.45) is 1.74. The van der Waals surface area contributed by atoms with Crippen LogP contribution in [0.3, 0.4) is 0 Å². The number of rotatable bonds is 10. The fourth-order valence-corrected chi connectivity index (χ4v) is 4.79. The molecular weight excluding hydrogens is 460 g/mol. The number of allylic oxidation sites excluding steroid dienone is 1. The van der Waals surface area contributed by atoms with Gasteiger partial charge in [-0.15, -0.1) is 28.1 Å². The third-order valence-electron chi connectivity index (χ3n) is 4.64. The quantitative estimate of drug-likeness (QED) is 0.255. The van der Waals surface area contributed by atoms with Crippen molar-refractivity contribution in [3.8, 4) is 5.75 Å². The molecule has 1 N–H and O–H groups in total. The van der Waals surface area contributed by atoms with Gasteiger partial charge in [0.1, 0.15) is 17.4 Å².